The first kappa shape index (κ1) is 13.3. The second-order valence-electron chi connectivity index (χ2n) is 5.45. The highest BCUT2D eigenvalue weighted by Gasteiger charge is 2.42. The predicted octanol–water partition coefficient (Wildman–Crippen LogP) is 3.71. The molecule has 0 bridgehead atoms. The molecule has 1 aliphatic rings. The number of ether oxygens (including phenoxy) is 1. The lowest BCUT2D eigenvalue weighted by Gasteiger charge is -2.14. The molecular formula is C14H24O2. The Kier molecular flexibility index (Phi) is 5.04. The Hall–Kier alpha value is -0.790. The molecule has 0 aliphatic heterocycles. The smallest absolute Gasteiger partial charge is 0.330 e. The summed E-state index contributed by atoms with van der Waals surface area (Å²) in [6.45, 7) is 8.52. The number of carbonyl (C=O) groups is 1. The number of unbranched alkanes of at least 4 members (excludes halogenated alkanes) is 1. The minimum Gasteiger partial charge on any atom is -0.462 e. The topological polar surface area (TPSA) is 26.3 Å². The van der Waals surface area contributed by atoms with Crippen molar-refractivity contribution in [2.45, 2.75) is 52.4 Å². The van der Waals surface area contributed by atoms with Crippen molar-refractivity contribution in [3.63, 3.8) is 0 Å². The first-order valence-corrected chi connectivity index (χ1v) is 6.37. The predicted molar refractivity (Wildman–Crippen MR) is 66.1 cm³/mol. The summed E-state index contributed by atoms with van der Waals surface area (Å²) in [6, 6.07) is 0. The molecule has 2 heteroatoms. The van der Waals surface area contributed by atoms with Gasteiger partial charge in [0.15, 0.2) is 0 Å². The molecule has 0 radical (unpaired) electrons. The van der Waals surface area contributed by atoms with Crippen LogP contribution in [0.4, 0.5) is 0 Å². The first-order valence-electron chi connectivity index (χ1n) is 6.37. The van der Waals surface area contributed by atoms with E-state index < -0.39 is 0 Å². The molecule has 0 saturated heterocycles. The summed E-state index contributed by atoms with van der Waals surface area (Å²) in [6.07, 6.45) is 8.78. The second-order valence-corrected chi connectivity index (χ2v) is 5.45. The summed E-state index contributed by atoms with van der Waals surface area (Å²) in [5, 5.41) is 0. The number of hydrogen-bond donors (Lipinski definition) is 0. The largest absolute Gasteiger partial charge is 0.462 e. The Morgan fingerprint density at radius 1 is 1.44 bits per heavy atom. The first-order chi connectivity index (χ1) is 7.58. The van der Waals surface area contributed by atoms with Gasteiger partial charge >= 0.3 is 5.97 Å². The number of esters is 1. The molecule has 0 aromatic heterocycles. The van der Waals surface area contributed by atoms with Crippen LogP contribution in [0.25, 0.3) is 0 Å². The molecule has 0 unspecified atom stereocenters. The van der Waals surface area contributed by atoms with Crippen molar-refractivity contribution in [3.05, 3.63) is 12.7 Å². The van der Waals surface area contributed by atoms with Gasteiger partial charge in [-0.1, -0.05) is 39.7 Å². The Labute approximate surface area is 99.1 Å². The monoisotopic (exact) mass is 224 g/mol. The fourth-order valence-electron chi connectivity index (χ4n) is 1.98. The van der Waals surface area contributed by atoms with Crippen LogP contribution in [0, 0.1) is 11.3 Å². The maximum absolute atomic E-state index is 11.0. The average molecular weight is 224 g/mol. The van der Waals surface area contributed by atoms with E-state index in [-0.39, 0.29) is 5.97 Å². The lowest BCUT2D eigenvalue weighted by molar-refractivity contribution is -0.139. The van der Waals surface area contributed by atoms with Crippen LogP contribution in [0.5, 0.6) is 0 Å². The highest BCUT2D eigenvalue weighted by atomic mass is 16.5. The van der Waals surface area contributed by atoms with Crippen molar-refractivity contribution in [2.24, 2.45) is 11.3 Å². The second kappa shape index (κ2) is 6.07. The van der Waals surface area contributed by atoms with Gasteiger partial charge in [0, 0.05) is 11.5 Å². The van der Waals surface area contributed by atoms with E-state index in [2.05, 4.69) is 20.4 Å². The van der Waals surface area contributed by atoms with Crippen LogP contribution >= 0.6 is 0 Å². The Bertz CT molecular complexity index is 239. The van der Waals surface area contributed by atoms with Crippen LogP contribution in [0.2, 0.25) is 0 Å². The van der Waals surface area contributed by atoms with E-state index in [1.165, 1.54) is 44.6 Å². The van der Waals surface area contributed by atoms with Gasteiger partial charge in [-0.15, -0.1) is 0 Å². The van der Waals surface area contributed by atoms with Crippen molar-refractivity contribution < 1.29 is 9.53 Å². The third-order valence-corrected chi connectivity index (χ3v) is 3.38. The van der Waals surface area contributed by atoms with Crippen LogP contribution in [0.3, 0.4) is 0 Å². The maximum Gasteiger partial charge on any atom is 0.330 e. The van der Waals surface area contributed by atoms with Gasteiger partial charge in [0.25, 0.3) is 0 Å². The van der Waals surface area contributed by atoms with Crippen molar-refractivity contribution in [3.8, 4) is 0 Å². The molecule has 0 aromatic carbocycles. The van der Waals surface area contributed by atoms with Crippen LogP contribution in [-0.4, -0.2) is 12.6 Å². The molecule has 16 heavy (non-hydrogen) atoms. The van der Waals surface area contributed by atoms with E-state index in [1.54, 1.807) is 0 Å². The van der Waals surface area contributed by atoms with Crippen molar-refractivity contribution >= 4 is 5.97 Å². The zero-order chi connectivity index (χ0) is 12.0. The van der Waals surface area contributed by atoms with Crippen molar-refractivity contribution in [1.29, 1.82) is 0 Å². The molecule has 0 atom stereocenters. The van der Waals surface area contributed by atoms with Gasteiger partial charge in [-0.2, -0.15) is 0 Å². The van der Waals surface area contributed by atoms with Gasteiger partial charge in [0.05, 0.1) is 6.61 Å². The molecule has 0 heterocycles. The van der Waals surface area contributed by atoms with Gasteiger partial charge in [-0.05, 0) is 25.2 Å². The van der Waals surface area contributed by atoms with Gasteiger partial charge in [-0.25, -0.2) is 4.79 Å². The highest BCUT2D eigenvalue weighted by molar-refractivity contribution is 5.81. The van der Waals surface area contributed by atoms with E-state index in [0.29, 0.717) is 12.0 Å². The van der Waals surface area contributed by atoms with Crippen molar-refractivity contribution in [2.75, 3.05) is 6.61 Å². The highest BCUT2D eigenvalue weighted by Crippen LogP contribution is 2.50. The zero-order valence-corrected chi connectivity index (χ0v) is 10.6. The molecular weight excluding hydrogens is 200 g/mol. The molecule has 1 aliphatic carbocycles. The SMILES string of the molecule is C=CC(=O)OCC1(CCCCC(C)C)CC1. The van der Waals surface area contributed by atoms with E-state index >= 15 is 0 Å². The maximum atomic E-state index is 11.0. The molecule has 0 spiro atoms. The molecule has 1 rings (SSSR count). The Balaban J connectivity index is 2.10. The van der Waals surface area contributed by atoms with Crippen molar-refractivity contribution in [1.82, 2.24) is 0 Å². The van der Waals surface area contributed by atoms with Gasteiger partial charge in [0.2, 0.25) is 0 Å². The number of hydrogen-bond acceptors (Lipinski definition) is 2. The van der Waals surface area contributed by atoms with Crippen LogP contribution in [-0.2, 0) is 9.53 Å². The fourth-order valence-corrected chi connectivity index (χ4v) is 1.98. The molecule has 0 aromatic rings. The summed E-state index contributed by atoms with van der Waals surface area (Å²) in [5.74, 6) is 0.516. The van der Waals surface area contributed by atoms with E-state index in [4.69, 9.17) is 4.74 Å². The number of rotatable bonds is 8. The lowest BCUT2D eigenvalue weighted by atomic mass is 9.97. The Morgan fingerprint density at radius 3 is 2.62 bits per heavy atom. The standard InChI is InChI=1S/C14H24O2/c1-4-13(15)16-11-14(9-10-14)8-6-5-7-12(2)3/h4,12H,1,5-11H2,2-3H3. The lowest BCUT2D eigenvalue weighted by Crippen LogP contribution is -2.13. The summed E-state index contributed by atoms with van der Waals surface area (Å²) in [7, 11) is 0. The molecule has 0 N–H and O–H groups in total. The van der Waals surface area contributed by atoms with Crippen LogP contribution in [0.1, 0.15) is 52.4 Å². The van der Waals surface area contributed by atoms with E-state index in [9.17, 15) is 4.79 Å². The van der Waals surface area contributed by atoms with E-state index in [0.717, 1.165) is 5.92 Å². The summed E-state index contributed by atoms with van der Waals surface area (Å²) < 4.78 is 5.14. The average Bonchev–Trinajstić information content (AvgIpc) is 3.02. The van der Waals surface area contributed by atoms with E-state index in [1.807, 2.05) is 0 Å². The van der Waals surface area contributed by atoms with Crippen LogP contribution in [0.15, 0.2) is 12.7 Å². The van der Waals surface area contributed by atoms with Gasteiger partial charge in [0.1, 0.15) is 0 Å². The molecule has 1 saturated carbocycles. The minimum atomic E-state index is -0.284. The quantitative estimate of drug-likeness (QED) is 0.357. The minimum absolute atomic E-state index is 0.284. The van der Waals surface area contributed by atoms with Gasteiger partial charge < -0.3 is 4.74 Å². The van der Waals surface area contributed by atoms with Crippen LogP contribution < -0.4 is 0 Å². The third kappa shape index (κ3) is 4.82. The third-order valence-electron chi connectivity index (χ3n) is 3.38. The zero-order valence-electron chi connectivity index (χ0n) is 10.6. The molecule has 1 fully saturated rings. The normalized spacial score (nSPS) is 17.2. The summed E-state index contributed by atoms with van der Waals surface area (Å²) in [4.78, 5) is 11.0. The summed E-state index contributed by atoms with van der Waals surface area (Å²) in [5.41, 5.74) is 0.329. The number of carbonyl (C=O) groups excluding carboxylic acids is 1. The Morgan fingerprint density at radius 2 is 2.12 bits per heavy atom. The molecule has 92 valence electrons. The molecule has 0 amide bonds. The fraction of sp³-hybridized carbons (Fsp3) is 0.786. The van der Waals surface area contributed by atoms with Gasteiger partial charge in [-0.3, -0.25) is 0 Å². The summed E-state index contributed by atoms with van der Waals surface area (Å²) >= 11 is 0. The molecule has 2 nitrogen and oxygen atoms in total.